The molecule has 1 N–H and O–H groups in total. The van der Waals surface area contributed by atoms with Crippen LogP contribution in [0.3, 0.4) is 0 Å². The number of hydrogen-bond donors (Lipinski definition) is 1. The van der Waals surface area contributed by atoms with Gasteiger partial charge >= 0.3 is 12.1 Å². The molecule has 0 radical (unpaired) electrons. The number of benzene rings is 1. The Kier molecular flexibility index (Phi) is 6.41. The van der Waals surface area contributed by atoms with Gasteiger partial charge in [0.15, 0.2) is 5.69 Å². The van der Waals surface area contributed by atoms with Crippen LogP contribution >= 0.6 is 15.9 Å². The van der Waals surface area contributed by atoms with Crippen molar-refractivity contribution in [1.82, 2.24) is 9.97 Å². The Morgan fingerprint density at radius 2 is 2.00 bits per heavy atom. The second-order valence-corrected chi connectivity index (χ2v) is 6.04. The van der Waals surface area contributed by atoms with Crippen molar-refractivity contribution in [3.63, 3.8) is 0 Å². The number of aromatic nitrogens is 2. The molecule has 2 aromatic rings. The van der Waals surface area contributed by atoms with E-state index in [0.717, 1.165) is 6.07 Å². The Morgan fingerprint density at radius 3 is 2.65 bits per heavy atom. The maximum atomic E-state index is 13.0. The topological polar surface area (TPSA) is 73.3 Å². The zero-order chi connectivity index (χ0) is 19.3. The van der Waals surface area contributed by atoms with E-state index in [1.807, 2.05) is 0 Å². The van der Waals surface area contributed by atoms with E-state index in [4.69, 9.17) is 4.74 Å². The van der Waals surface area contributed by atoms with Crippen molar-refractivity contribution in [1.29, 1.82) is 0 Å². The molecule has 1 heterocycles. The van der Waals surface area contributed by atoms with Gasteiger partial charge in [-0.3, -0.25) is 0 Å². The molecule has 140 valence electrons. The van der Waals surface area contributed by atoms with Gasteiger partial charge in [0.1, 0.15) is 12.4 Å². The Labute approximate surface area is 155 Å². The quantitative estimate of drug-likeness (QED) is 0.550. The van der Waals surface area contributed by atoms with Crippen LogP contribution in [-0.2, 0) is 10.9 Å². The summed E-state index contributed by atoms with van der Waals surface area (Å²) in [6, 6.07) is 5.12. The van der Waals surface area contributed by atoms with Gasteiger partial charge in [-0.1, -0.05) is 15.9 Å². The first-order valence-corrected chi connectivity index (χ1v) is 8.17. The molecule has 6 nitrogen and oxygen atoms in total. The van der Waals surface area contributed by atoms with Crippen molar-refractivity contribution in [2.24, 2.45) is 0 Å². The second-order valence-electron chi connectivity index (χ2n) is 5.12. The lowest BCUT2D eigenvalue weighted by molar-refractivity contribution is -0.139. The van der Waals surface area contributed by atoms with Gasteiger partial charge in [-0.25, -0.2) is 14.8 Å². The van der Waals surface area contributed by atoms with Crippen molar-refractivity contribution in [2.45, 2.75) is 13.1 Å². The van der Waals surface area contributed by atoms with E-state index in [9.17, 15) is 18.0 Å². The smallest absolute Gasteiger partial charge is 0.420 e. The lowest BCUT2D eigenvalue weighted by Crippen LogP contribution is -2.17. The average molecular weight is 434 g/mol. The van der Waals surface area contributed by atoms with E-state index >= 15 is 0 Å². The largest absolute Gasteiger partial charge is 0.491 e. The van der Waals surface area contributed by atoms with Crippen LogP contribution in [0, 0.1) is 6.92 Å². The maximum Gasteiger partial charge on any atom is 0.420 e. The number of hydrogen-bond acceptors (Lipinski definition) is 6. The zero-order valence-electron chi connectivity index (χ0n) is 13.9. The molecule has 0 saturated carbocycles. The van der Waals surface area contributed by atoms with Gasteiger partial charge in [0.05, 0.1) is 19.2 Å². The maximum absolute atomic E-state index is 13.0. The van der Waals surface area contributed by atoms with Crippen LogP contribution in [0.15, 0.2) is 28.7 Å². The summed E-state index contributed by atoms with van der Waals surface area (Å²) in [6.07, 6.45) is -4.53. The molecule has 2 rings (SSSR count). The molecular weight excluding hydrogens is 419 g/mol. The van der Waals surface area contributed by atoms with Crippen LogP contribution in [0.5, 0.6) is 5.75 Å². The molecule has 1 aromatic carbocycles. The van der Waals surface area contributed by atoms with Crippen LogP contribution in [0.2, 0.25) is 0 Å². The number of ether oxygens (including phenoxy) is 2. The predicted octanol–water partition coefficient (Wildman–Crippen LogP) is 3.84. The average Bonchev–Trinajstić information content (AvgIpc) is 2.57. The molecule has 0 saturated heterocycles. The molecular formula is C16H15BrF3N3O3. The summed E-state index contributed by atoms with van der Waals surface area (Å²) in [5, 5.41) is 2.80. The number of nitrogens with one attached hydrogen (secondary N) is 1. The van der Waals surface area contributed by atoms with Gasteiger partial charge in [-0.15, -0.1) is 0 Å². The van der Waals surface area contributed by atoms with E-state index in [1.54, 1.807) is 6.92 Å². The summed E-state index contributed by atoms with van der Waals surface area (Å²) >= 11 is 3.01. The highest BCUT2D eigenvalue weighted by molar-refractivity contribution is 9.10. The number of methoxy groups -OCH3 is 1. The normalized spacial score (nSPS) is 11.2. The highest BCUT2D eigenvalue weighted by Crippen LogP contribution is 2.37. The monoisotopic (exact) mass is 433 g/mol. The van der Waals surface area contributed by atoms with Gasteiger partial charge in [0.25, 0.3) is 0 Å². The summed E-state index contributed by atoms with van der Waals surface area (Å²) in [4.78, 5) is 19.6. The summed E-state index contributed by atoms with van der Waals surface area (Å²) in [7, 11) is 1.23. The third-order valence-corrected chi connectivity index (χ3v) is 3.63. The van der Waals surface area contributed by atoms with Crippen LogP contribution in [-0.4, -0.2) is 36.2 Å². The predicted molar refractivity (Wildman–Crippen MR) is 91.2 cm³/mol. The number of anilines is 1. The number of aryl methyl sites for hydroxylation is 1. The first kappa shape index (κ1) is 20.0. The van der Waals surface area contributed by atoms with Gasteiger partial charge in [-0.05, 0) is 31.2 Å². The first-order valence-electron chi connectivity index (χ1n) is 7.38. The molecule has 0 unspecified atom stereocenters. The highest BCUT2D eigenvalue weighted by Gasteiger charge is 2.34. The fraction of sp³-hybridized carbons (Fsp3) is 0.312. The summed E-state index contributed by atoms with van der Waals surface area (Å²) in [5.41, 5.74) is -0.251. The van der Waals surface area contributed by atoms with E-state index in [-0.39, 0.29) is 30.5 Å². The third kappa shape index (κ3) is 5.32. The van der Waals surface area contributed by atoms with E-state index in [1.165, 1.54) is 25.3 Å². The fourth-order valence-corrected chi connectivity index (χ4v) is 2.39. The molecule has 10 heteroatoms. The lowest BCUT2D eigenvalue weighted by atomic mass is 10.2. The van der Waals surface area contributed by atoms with Gasteiger partial charge in [0, 0.05) is 10.2 Å². The Hall–Kier alpha value is -2.36. The molecule has 0 bridgehead atoms. The Bertz CT molecular complexity index is 800. The summed E-state index contributed by atoms with van der Waals surface area (Å²) < 4.78 is 49.2. The number of rotatable bonds is 6. The zero-order valence-corrected chi connectivity index (χ0v) is 15.4. The van der Waals surface area contributed by atoms with Crippen molar-refractivity contribution in [2.75, 3.05) is 25.6 Å². The summed E-state index contributed by atoms with van der Waals surface area (Å²) in [6.45, 7) is 1.75. The van der Waals surface area contributed by atoms with Crippen LogP contribution in [0.25, 0.3) is 0 Å². The number of carbonyl (C=O) groups is 1. The minimum atomic E-state index is -4.53. The number of carbonyl (C=O) groups excluding carboxylic acids is 1. The second kappa shape index (κ2) is 8.35. The van der Waals surface area contributed by atoms with E-state index < -0.39 is 17.7 Å². The van der Waals surface area contributed by atoms with Crippen LogP contribution in [0.1, 0.15) is 21.7 Å². The summed E-state index contributed by atoms with van der Waals surface area (Å²) in [5.74, 6) is -0.733. The van der Waals surface area contributed by atoms with Crippen LogP contribution < -0.4 is 10.1 Å². The lowest BCUT2D eigenvalue weighted by Gasteiger charge is -2.14. The minimum Gasteiger partial charge on any atom is -0.491 e. The molecule has 0 spiro atoms. The molecule has 0 aliphatic heterocycles. The molecule has 0 amide bonds. The Balaban J connectivity index is 2.00. The van der Waals surface area contributed by atoms with Gasteiger partial charge in [-0.2, -0.15) is 13.2 Å². The van der Waals surface area contributed by atoms with E-state index in [0.29, 0.717) is 10.2 Å². The van der Waals surface area contributed by atoms with E-state index in [2.05, 4.69) is 36.0 Å². The first-order chi connectivity index (χ1) is 12.2. The molecule has 0 aliphatic rings. The molecule has 0 fully saturated rings. The molecule has 26 heavy (non-hydrogen) atoms. The highest BCUT2D eigenvalue weighted by atomic mass is 79.9. The van der Waals surface area contributed by atoms with Crippen LogP contribution in [0.4, 0.5) is 19.1 Å². The molecule has 0 atom stereocenters. The fourth-order valence-electron chi connectivity index (χ4n) is 2.03. The number of halogens is 4. The molecule has 0 aliphatic carbocycles. The van der Waals surface area contributed by atoms with Crippen molar-refractivity contribution in [3.8, 4) is 5.75 Å². The number of alkyl halides is 3. The SMILES string of the molecule is COC(=O)c1cc(C)nc(NCCOc2ccc(Br)cc2C(F)(F)F)n1. The van der Waals surface area contributed by atoms with Crippen molar-refractivity contribution in [3.05, 3.63) is 45.7 Å². The minimum absolute atomic E-state index is 0.0599. The number of esters is 1. The van der Waals surface area contributed by atoms with Crippen molar-refractivity contribution < 1.29 is 27.4 Å². The third-order valence-electron chi connectivity index (χ3n) is 3.14. The van der Waals surface area contributed by atoms with Crippen molar-refractivity contribution >= 4 is 27.8 Å². The van der Waals surface area contributed by atoms with Gasteiger partial charge < -0.3 is 14.8 Å². The number of nitrogens with zero attached hydrogens (tertiary/aromatic N) is 2. The molecule has 1 aromatic heterocycles. The van der Waals surface area contributed by atoms with Gasteiger partial charge in [0.2, 0.25) is 5.95 Å². The standard InChI is InChI=1S/C16H15BrF3N3O3/c1-9-7-12(14(24)25-2)23-15(22-9)21-5-6-26-13-4-3-10(17)8-11(13)16(18,19)20/h3-4,7-8H,5-6H2,1-2H3,(H,21,22,23). The Morgan fingerprint density at radius 1 is 1.27 bits per heavy atom.